The molecule has 0 atom stereocenters. The molecule has 4 heteroatoms. The number of rotatable bonds is 0. The molecule has 0 aromatic carbocycles. The molecule has 0 unspecified atom stereocenters. The first-order valence-corrected chi connectivity index (χ1v) is 2.62. The Bertz CT molecular complexity index is 121. The Hall–Kier alpha value is -0.380. The van der Waals surface area contributed by atoms with Crippen LogP contribution in [0.25, 0.3) is 0 Å². The fourth-order valence-corrected chi connectivity index (χ4v) is 0.690. The van der Waals surface area contributed by atoms with E-state index in [1.807, 2.05) is 0 Å². The van der Waals surface area contributed by atoms with Gasteiger partial charge in [-0.05, 0) is 6.42 Å². The predicted molar refractivity (Wildman–Crippen MR) is 37.3 cm³/mol. The fourth-order valence-electron chi connectivity index (χ4n) is 0.690. The van der Waals surface area contributed by atoms with Crippen molar-refractivity contribution in [2.24, 2.45) is 0 Å². The molecule has 1 aliphatic rings. The van der Waals surface area contributed by atoms with Crippen LogP contribution in [0, 0.1) is 0 Å². The maximum atomic E-state index is 10.3. The molecule has 3 nitrogen and oxygen atoms in total. The van der Waals surface area contributed by atoms with E-state index in [2.05, 4.69) is 5.32 Å². The van der Waals surface area contributed by atoms with Crippen molar-refractivity contribution < 1.29 is 9.59 Å². The highest BCUT2D eigenvalue weighted by molar-refractivity contribution is 8.93. The van der Waals surface area contributed by atoms with Crippen molar-refractivity contribution in [3.05, 3.63) is 0 Å². The van der Waals surface area contributed by atoms with Gasteiger partial charge in [0.2, 0.25) is 11.8 Å². The van der Waals surface area contributed by atoms with Gasteiger partial charge in [-0.2, -0.15) is 0 Å². The maximum Gasteiger partial charge on any atom is 0.226 e. The molecule has 0 aliphatic carbocycles. The molecule has 0 aromatic rings. The number of nitrogens with one attached hydrogen (secondary N) is 1. The average molecular weight is 194 g/mol. The van der Waals surface area contributed by atoms with Gasteiger partial charge in [0.1, 0.15) is 0 Å². The van der Waals surface area contributed by atoms with E-state index in [0.29, 0.717) is 19.3 Å². The molecule has 1 fully saturated rings. The molecule has 0 spiro atoms. The van der Waals surface area contributed by atoms with Gasteiger partial charge in [0, 0.05) is 12.8 Å². The van der Waals surface area contributed by atoms with E-state index in [9.17, 15) is 9.59 Å². The van der Waals surface area contributed by atoms with Crippen molar-refractivity contribution in [2.45, 2.75) is 19.3 Å². The summed E-state index contributed by atoms with van der Waals surface area (Å²) in [5.41, 5.74) is 0. The highest BCUT2D eigenvalue weighted by Gasteiger charge is 2.12. The van der Waals surface area contributed by atoms with Gasteiger partial charge in [0.05, 0.1) is 0 Å². The first kappa shape index (κ1) is 8.62. The van der Waals surface area contributed by atoms with Gasteiger partial charge < -0.3 is 0 Å². The SMILES string of the molecule is Br.O=C1CCCC(=O)N1. The van der Waals surface area contributed by atoms with Crippen LogP contribution in [0.4, 0.5) is 0 Å². The van der Waals surface area contributed by atoms with E-state index in [1.54, 1.807) is 0 Å². The Morgan fingerprint density at radius 1 is 1.11 bits per heavy atom. The highest BCUT2D eigenvalue weighted by atomic mass is 79.9. The van der Waals surface area contributed by atoms with E-state index in [1.165, 1.54) is 0 Å². The van der Waals surface area contributed by atoms with Gasteiger partial charge in [0.25, 0.3) is 0 Å². The number of carbonyl (C=O) groups excluding carboxylic acids is 2. The zero-order chi connectivity index (χ0) is 5.98. The fraction of sp³-hybridized carbons (Fsp3) is 0.600. The van der Waals surface area contributed by atoms with Gasteiger partial charge in [-0.25, -0.2) is 0 Å². The topological polar surface area (TPSA) is 46.2 Å². The van der Waals surface area contributed by atoms with Gasteiger partial charge in [-0.3, -0.25) is 14.9 Å². The number of amides is 2. The minimum absolute atomic E-state index is 0. The second-order valence-electron chi connectivity index (χ2n) is 1.82. The van der Waals surface area contributed by atoms with Crippen LogP contribution in [0.1, 0.15) is 19.3 Å². The Morgan fingerprint density at radius 3 is 1.78 bits per heavy atom. The zero-order valence-electron chi connectivity index (χ0n) is 4.85. The molecule has 1 rings (SSSR count). The third-order valence-electron chi connectivity index (χ3n) is 1.09. The van der Waals surface area contributed by atoms with Crippen LogP contribution < -0.4 is 5.32 Å². The lowest BCUT2D eigenvalue weighted by Crippen LogP contribution is -2.33. The standard InChI is InChI=1S/C5H7NO2.BrH/c7-4-2-1-3-5(8)6-4;/h1-3H2,(H,6,7,8);1H. The maximum absolute atomic E-state index is 10.3. The molecular weight excluding hydrogens is 186 g/mol. The number of hydrogen-bond donors (Lipinski definition) is 1. The normalized spacial score (nSPS) is 18.2. The van der Waals surface area contributed by atoms with E-state index in [4.69, 9.17) is 0 Å². The summed E-state index contributed by atoms with van der Waals surface area (Å²) in [6.07, 6.45) is 1.72. The third-order valence-corrected chi connectivity index (χ3v) is 1.09. The molecule has 0 aromatic heterocycles. The summed E-state index contributed by atoms with van der Waals surface area (Å²) >= 11 is 0. The number of imide groups is 1. The first-order chi connectivity index (χ1) is 3.79. The average Bonchev–Trinajstić information content (AvgIpc) is 1.64. The summed E-state index contributed by atoms with van der Waals surface area (Å²) in [6.45, 7) is 0. The summed E-state index contributed by atoms with van der Waals surface area (Å²) < 4.78 is 0. The predicted octanol–water partition coefficient (Wildman–Crippen LogP) is 0.391. The lowest BCUT2D eigenvalue weighted by molar-refractivity contribution is -0.132. The van der Waals surface area contributed by atoms with Gasteiger partial charge in [-0.1, -0.05) is 0 Å². The largest absolute Gasteiger partial charge is 0.296 e. The van der Waals surface area contributed by atoms with E-state index in [-0.39, 0.29) is 28.8 Å². The lowest BCUT2D eigenvalue weighted by Gasteiger charge is -2.07. The summed E-state index contributed by atoms with van der Waals surface area (Å²) in [5.74, 6) is -0.275. The van der Waals surface area contributed by atoms with E-state index < -0.39 is 0 Å². The highest BCUT2D eigenvalue weighted by Crippen LogP contribution is 2.00. The zero-order valence-corrected chi connectivity index (χ0v) is 6.56. The number of piperidine rings is 1. The summed E-state index contributed by atoms with van der Waals surface area (Å²) in [7, 11) is 0. The Balaban J connectivity index is 0.000000640. The third kappa shape index (κ3) is 2.60. The van der Waals surface area contributed by atoms with Crippen molar-refractivity contribution in [3.63, 3.8) is 0 Å². The van der Waals surface area contributed by atoms with Crippen molar-refractivity contribution in [1.82, 2.24) is 5.32 Å². The Labute approximate surface area is 63.6 Å². The van der Waals surface area contributed by atoms with Crippen molar-refractivity contribution >= 4 is 28.8 Å². The quantitative estimate of drug-likeness (QED) is 0.567. The van der Waals surface area contributed by atoms with Crippen LogP contribution in [0.2, 0.25) is 0 Å². The Morgan fingerprint density at radius 2 is 1.56 bits per heavy atom. The molecule has 1 aliphatic heterocycles. The molecule has 0 saturated carbocycles. The lowest BCUT2D eigenvalue weighted by atomic mass is 10.1. The second kappa shape index (κ2) is 3.61. The van der Waals surface area contributed by atoms with Crippen molar-refractivity contribution in [3.8, 4) is 0 Å². The van der Waals surface area contributed by atoms with Gasteiger partial charge in [-0.15, -0.1) is 17.0 Å². The summed E-state index contributed by atoms with van der Waals surface area (Å²) in [6, 6.07) is 0. The monoisotopic (exact) mass is 193 g/mol. The van der Waals surface area contributed by atoms with Crippen LogP contribution >= 0.6 is 17.0 Å². The number of hydrogen-bond acceptors (Lipinski definition) is 2. The minimum Gasteiger partial charge on any atom is -0.296 e. The van der Waals surface area contributed by atoms with Gasteiger partial charge >= 0.3 is 0 Å². The number of carbonyl (C=O) groups is 2. The van der Waals surface area contributed by atoms with Crippen molar-refractivity contribution in [1.29, 1.82) is 0 Å². The molecule has 1 heterocycles. The molecule has 2 amide bonds. The molecule has 1 saturated heterocycles. The molecule has 0 radical (unpaired) electrons. The molecule has 1 N–H and O–H groups in total. The smallest absolute Gasteiger partial charge is 0.226 e. The van der Waals surface area contributed by atoms with Crippen molar-refractivity contribution in [2.75, 3.05) is 0 Å². The van der Waals surface area contributed by atoms with Crippen LogP contribution in [-0.4, -0.2) is 11.8 Å². The van der Waals surface area contributed by atoms with E-state index in [0.717, 1.165) is 0 Å². The Kier molecular flexibility index (Phi) is 3.46. The van der Waals surface area contributed by atoms with Crippen LogP contribution in [-0.2, 0) is 9.59 Å². The van der Waals surface area contributed by atoms with Gasteiger partial charge in [0.15, 0.2) is 0 Å². The van der Waals surface area contributed by atoms with Crippen LogP contribution in [0.5, 0.6) is 0 Å². The first-order valence-electron chi connectivity index (χ1n) is 2.62. The molecule has 0 bridgehead atoms. The van der Waals surface area contributed by atoms with Crippen LogP contribution in [0.3, 0.4) is 0 Å². The minimum atomic E-state index is -0.138. The molecular formula is C5H8BrNO2. The molecule has 52 valence electrons. The molecule has 9 heavy (non-hydrogen) atoms. The van der Waals surface area contributed by atoms with Crippen LogP contribution in [0.15, 0.2) is 0 Å². The summed E-state index contributed by atoms with van der Waals surface area (Å²) in [4.78, 5) is 20.7. The second-order valence-corrected chi connectivity index (χ2v) is 1.82. The van der Waals surface area contributed by atoms with E-state index >= 15 is 0 Å². The number of halogens is 1. The summed E-state index contributed by atoms with van der Waals surface area (Å²) in [5, 5.41) is 2.20.